The van der Waals surface area contributed by atoms with Crippen molar-refractivity contribution in [1.82, 2.24) is 5.32 Å². The third kappa shape index (κ3) is 3.93. The fourth-order valence-electron chi connectivity index (χ4n) is 2.56. The van der Waals surface area contributed by atoms with E-state index in [2.05, 4.69) is 5.32 Å². The van der Waals surface area contributed by atoms with Crippen molar-refractivity contribution >= 4 is 11.9 Å². The predicted molar refractivity (Wildman–Crippen MR) is 73.6 cm³/mol. The Morgan fingerprint density at radius 2 is 1.79 bits per heavy atom. The van der Waals surface area contributed by atoms with Gasteiger partial charge in [-0.3, -0.25) is 4.79 Å². The smallest absolute Gasteiger partial charge is 0.329 e. The first kappa shape index (κ1) is 16.0. The first-order valence-electron chi connectivity index (χ1n) is 7.24. The van der Waals surface area contributed by atoms with Crippen LogP contribution in [0.15, 0.2) is 0 Å². The SMILES string of the molecule is CCC(C)C(N)C(=O)NC1(C(=O)O)CCCCCC1. The summed E-state index contributed by atoms with van der Waals surface area (Å²) in [5.41, 5.74) is 4.77. The first-order valence-corrected chi connectivity index (χ1v) is 7.24. The van der Waals surface area contributed by atoms with Crippen molar-refractivity contribution < 1.29 is 14.7 Å². The summed E-state index contributed by atoms with van der Waals surface area (Å²) in [5, 5.41) is 12.2. The zero-order valence-corrected chi connectivity index (χ0v) is 11.9. The number of hydrogen-bond acceptors (Lipinski definition) is 3. The van der Waals surface area contributed by atoms with E-state index in [1.807, 2.05) is 13.8 Å². The minimum Gasteiger partial charge on any atom is -0.480 e. The number of carboxylic acid groups (broad SMARTS) is 1. The molecule has 2 unspecified atom stereocenters. The lowest BCUT2D eigenvalue weighted by Gasteiger charge is -2.31. The summed E-state index contributed by atoms with van der Waals surface area (Å²) in [4.78, 5) is 23.7. The summed E-state index contributed by atoms with van der Waals surface area (Å²) in [6.45, 7) is 3.88. The average Bonchev–Trinajstić information content (AvgIpc) is 2.63. The van der Waals surface area contributed by atoms with Gasteiger partial charge in [0.15, 0.2) is 0 Å². The van der Waals surface area contributed by atoms with Gasteiger partial charge >= 0.3 is 5.97 Å². The van der Waals surface area contributed by atoms with Gasteiger partial charge in [-0.05, 0) is 18.8 Å². The Bertz CT molecular complexity index is 323. The van der Waals surface area contributed by atoms with Gasteiger partial charge < -0.3 is 16.2 Å². The maximum Gasteiger partial charge on any atom is 0.329 e. The van der Waals surface area contributed by atoms with Gasteiger partial charge in [0.25, 0.3) is 0 Å². The van der Waals surface area contributed by atoms with Gasteiger partial charge in [0.1, 0.15) is 5.54 Å². The Hall–Kier alpha value is -1.10. The number of rotatable bonds is 5. The molecule has 1 saturated carbocycles. The molecule has 0 aliphatic heterocycles. The Morgan fingerprint density at radius 1 is 1.26 bits per heavy atom. The molecule has 0 heterocycles. The molecule has 0 aromatic heterocycles. The monoisotopic (exact) mass is 270 g/mol. The van der Waals surface area contributed by atoms with Crippen molar-refractivity contribution in [3.8, 4) is 0 Å². The molecule has 0 aromatic rings. The first-order chi connectivity index (χ1) is 8.93. The van der Waals surface area contributed by atoms with E-state index >= 15 is 0 Å². The zero-order valence-electron chi connectivity index (χ0n) is 11.9. The lowest BCUT2D eigenvalue weighted by atomic mass is 9.89. The third-order valence-electron chi connectivity index (χ3n) is 4.29. The van der Waals surface area contributed by atoms with E-state index in [9.17, 15) is 14.7 Å². The molecule has 5 nitrogen and oxygen atoms in total. The largest absolute Gasteiger partial charge is 0.480 e. The molecule has 1 aliphatic rings. The normalized spacial score (nSPS) is 22.1. The van der Waals surface area contributed by atoms with E-state index in [1.54, 1.807) is 0 Å². The molecular formula is C14H26N2O3. The molecule has 0 spiro atoms. The molecule has 1 fully saturated rings. The topological polar surface area (TPSA) is 92.4 Å². The average molecular weight is 270 g/mol. The van der Waals surface area contributed by atoms with Crippen LogP contribution in [0.3, 0.4) is 0 Å². The second-order valence-electron chi connectivity index (χ2n) is 5.70. The van der Waals surface area contributed by atoms with E-state index in [4.69, 9.17) is 5.73 Å². The van der Waals surface area contributed by atoms with E-state index < -0.39 is 17.6 Å². The van der Waals surface area contributed by atoms with Crippen molar-refractivity contribution in [2.45, 2.75) is 70.4 Å². The number of aliphatic carboxylic acids is 1. The Labute approximate surface area is 114 Å². The lowest BCUT2D eigenvalue weighted by Crippen LogP contribution is -2.59. The quantitative estimate of drug-likeness (QED) is 0.662. The van der Waals surface area contributed by atoms with Crippen LogP contribution >= 0.6 is 0 Å². The maximum absolute atomic E-state index is 12.1. The van der Waals surface area contributed by atoms with Crippen LogP contribution in [-0.2, 0) is 9.59 Å². The van der Waals surface area contributed by atoms with Crippen molar-refractivity contribution in [2.24, 2.45) is 11.7 Å². The van der Waals surface area contributed by atoms with E-state index in [1.165, 1.54) is 0 Å². The minimum absolute atomic E-state index is 0.0524. The second-order valence-corrected chi connectivity index (χ2v) is 5.70. The molecule has 0 aromatic carbocycles. The van der Waals surface area contributed by atoms with Crippen LogP contribution in [0.5, 0.6) is 0 Å². The van der Waals surface area contributed by atoms with Crippen molar-refractivity contribution in [1.29, 1.82) is 0 Å². The van der Waals surface area contributed by atoms with Crippen LogP contribution in [0.1, 0.15) is 58.8 Å². The number of nitrogens with one attached hydrogen (secondary N) is 1. The fourth-order valence-corrected chi connectivity index (χ4v) is 2.56. The summed E-state index contributed by atoms with van der Waals surface area (Å²) < 4.78 is 0. The minimum atomic E-state index is -1.11. The molecule has 0 radical (unpaired) electrons. The van der Waals surface area contributed by atoms with Gasteiger partial charge in [-0.15, -0.1) is 0 Å². The van der Waals surface area contributed by atoms with Crippen LogP contribution < -0.4 is 11.1 Å². The van der Waals surface area contributed by atoms with Gasteiger partial charge in [-0.25, -0.2) is 4.79 Å². The van der Waals surface area contributed by atoms with E-state index in [0.29, 0.717) is 12.8 Å². The Morgan fingerprint density at radius 3 is 2.21 bits per heavy atom. The molecule has 19 heavy (non-hydrogen) atoms. The highest BCUT2D eigenvalue weighted by molar-refractivity contribution is 5.89. The number of nitrogens with two attached hydrogens (primary N) is 1. The number of carbonyl (C=O) groups excluding carboxylic acids is 1. The summed E-state index contributed by atoms with van der Waals surface area (Å²) in [5.74, 6) is -1.21. The molecular weight excluding hydrogens is 244 g/mol. The zero-order chi connectivity index (χ0) is 14.5. The summed E-state index contributed by atoms with van der Waals surface area (Å²) in [6, 6.07) is -0.635. The van der Waals surface area contributed by atoms with Crippen molar-refractivity contribution in [2.75, 3.05) is 0 Å². The number of hydrogen-bond donors (Lipinski definition) is 3. The molecule has 0 saturated heterocycles. The summed E-state index contributed by atoms with van der Waals surface area (Å²) >= 11 is 0. The molecule has 0 bridgehead atoms. The molecule has 110 valence electrons. The number of carbonyl (C=O) groups is 2. The fraction of sp³-hybridized carbons (Fsp3) is 0.857. The highest BCUT2D eigenvalue weighted by Crippen LogP contribution is 2.27. The standard InChI is InChI=1S/C14H26N2O3/c1-3-10(2)11(15)12(17)16-14(13(18)19)8-6-4-5-7-9-14/h10-11H,3-9,15H2,1-2H3,(H,16,17)(H,18,19). The third-order valence-corrected chi connectivity index (χ3v) is 4.29. The van der Waals surface area contributed by atoms with E-state index in [-0.39, 0.29) is 11.8 Å². The summed E-state index contributed by atoms with van der Waals surface area (Å²) in [6.07, 6.45) is 5.54. The molecule has 1 rings (SSSR count). The van der Waals surface area contributed by atoms with Crippen LogP contribution in [0, 0.1) is 5.92 Å². The molecule has 1 amide bonds. The van der Waals surface area contributed by atoms with Crippen molar-refractivity contribution in [3.05, 3.63) is 0 Å². The van der Waals surface area contributed by atoms with Gasteiger partial charge in [-0.2, -0.15) is 0 Å². The van der Waals surface area contributed by atoms with Crippen molar-refractivity contribution in [3.63, 3.8) is 0 Å². The molecule has 2 atom stereocenters. The van der Waals surface area contributed by atoms with Crippen LogP contribution in [0.4, 0.5) is 0 Å². The molecule has 4 N–H and O–H groups in total. The maximum atomic E-state index is 12.1. The highest BCUT2D eigenvalue weighted by Gasteiger charge is 2.41. The van der Waals surface area contributed by atoms with Crippen LogP contribution in [0.2, 0.25) is 0 Å². The van der Waals surface area contributed by atoms with Crippen LogP contribution in [0.25, 0.3) is 0 Å². The number of amides is 1. The highest BCUT2D eigenvalue weighted by atomic mass is 16.4. The second kappa shape index (κ2) is 6.89. The van der Waals surface area contributed by atoms with Gasteiger partial charge in [0.05, 0.1) is 6.04 Å². The Balaban J connectivity index is 2.78. The van der Waals surface area contributed by atoms with Gasteiger partial charge in [0, 0.05) is 0 Å². The lowest BCUT2D eigenvalue weighted by molar-refractivity contribution is -0.148. The summed E-state index contributed by atoms with van der Waals surface area (Å²) in [7, 11) is 0. The Kier molecular flexibility index (Phi) is 5.79. The van der Waals surface area contributed by atoms with Crippen LogP contribution in [-0.4, -0.2) is 28.6 Å². The molecule has 1 aliphatic carbocycles. The van der Waals surface area contributed by atoms with Gasteiger partial charge in [-0.1, -0.05) is 46.0 Å². The molecule has 5 heteroatoms. The number of carboxylic acids is 1. The van der Waals surface area contributed by atoms with E-state index in [0.717, 1.165) is 32.1 Å². The predicted octanol–water partition coefficient (Wildman–Crippen LogP) is 1.65. The van der Waals surface area contributed by atoms with Gasteiger partial charge in [0.2, 0.25) is 5.91 Å².